The fourth-order valence-corrected chi connectivity index (χ4v) is 0.933. The molecular weight excluding hydrogens is 170 g/mol. The van der Waals surface area contributed by atoms with Crippen LogP contribution in [0, 0.1) is 0 Å². The normalized spacial score (nSPS) is 13.2. The minimum atomic E-state index is -0.553. The van der Waals surface area contributed by atoms with Crippen LogP contribution in [-0.4, -0.2) is 21.9 Å². The average molecular weight is 185 g/mol. The molecule has 13 heavy (non-hydrogen) atoms. The van der Waals surface area contributed by atoms with Crippen molar-refractivity contribution in [1.29, 1.82) is 0 Å². The Labute approximate surface area is 76.9 Å². The van der Waals surface area contributed by atoms with Gasteiger partial charge in [0.2, 0.25) is 5.89 Å². The third-order valence-corrected chi connectivity index (χ3v) is 1.75. The van der Waals surface area contributed by atoms with Gasteiger partial charge in [-0.1, -0.05) is 18.5 Å². The van der Waals surface area contributed by atoms with Crippen LogP contribution in [0.25, 0.3) is 0 Å². The van der Waals surface area contributed by atoms with E-state index in [1.807, 2.05) is 0 Å². The molecule has 0 aromatic carbocycles. The number of rotatable bonds is 5. The SMILES string of the molecule is CCCCc1noc(C(N)CO)n1. The summed E-state index contributed by atoms with van der Waals surface area (Å²) >= 11 is 0. The molecule has 0 saturated carbocycles. The molecule has 1 rings (SSSR count). The van der Waals surface area contributed by atoms with Gasteiger partial charge in [0.15, 0.2) is 5.82 Å². The molecule has 74 valence electrons. The maximum absolute atomic E-state index is 8.72. The Kier molecular flexibility index (Phi) is 3.85. The number of aryl methyl sites for hydroxylation is 1. The van der Waals surface area contributed by atoms with Crippen LogP contribution >= 0.6 is 0 Å². The molecule has 0 aliphatic heterocycles. The van der Waals surface area contributed by atoms with Crippen LogP contribution in [-0.2, 0) is 6.42 Å². The van der Waals surface area contributed by atoms with E-state index in [4.69, 9.17) is 15.4 Å². The maximum atomic E-state index is 8.72. The summed E-state index contributed by atoms with van der Waals surface area (Å²) in [5.74, 6) is 0.981. The van der Waals surface area contributed by atoms with Crippen LogP contribution in [0.15, 0.2) is 4.52 Å². The van der Waals surface area contributed by atoms with Crippen molar-refractivity contribution in [1.82, 2.24) is 10.1 Å². The zero-order chi connectivity index (χ0) is 9.68. The molecule has 0 spiro atoms. The van der Waals surface area contributed by atoms with E-state index in [1.165, 1.54) is 0 Å². The Balaban J connectivity index is 2.53. The van der Waals surface area contributed by atoms with Crippen LogP contribution in [0.4, 0.5) is 0 Å². The van der Waals surface area contributed by atoms with Crippen LogP contribution in [0.1, 0.15) is 37.5 Å². The van der Waals surface area contributed by atoms with Gasteiger partial charge in [-0.15, -0.1) is 0 Å². The molecule has 0 aliphatic carbocycles. The number of aliphatic hydroxyl groups is 1. The van der Waals surface area contributed by atoms with Gasteiger partial charge in [0.1, 0.15) is 6.04 Å². The van der Waals surface area contributed by atoms with Crippen LogP contribution < -0.4 is 5.73 Å². The molecule has 3 N–H and O–H groups in total. The summed E-state index contributed by atoms with van der Waals surface area (Å²) in [4.78, 5) is 4.06. The summed E-state index contributed by atoms with van der Waals surface area (Å²) in [6.45, 7) is 1.93. The van der Waals surface area contributed by atoms with Gasteiger partial charge in [-0.3, -0.25) is 0 Å². The van der Waals surface area contributed by atoms with Crippen molar-refractivity contribution in [3.63, 3.8) is 0 Å². The molecule has 1 heterocycles. The van der Waals surface area contributed by atoms with Crippen molar-refractivity contribution in [2.75, 3.05) is 6.61 Å². The van der Waals surface area contributed by atoms with Crippen LogP contribution in [0.2, 0.25) is 0 Å². The number of nitrogens with two attached hydrogens (primary N) is 1. The van der Waals surface area contributed by atoms with E-state index in [-0.39, 0.29) is 6.61 Å². The number of aromatic nitrogens is 2. The van der Waals surface area contributed by atoms with Gasteiger partial charge in [-0.25, -0.2) is 0 Å². The number of hydrogen-bond donors (Lipinski definition) is 2. The lowest BCUT2D eigenvalue weighted by Gasteiger charge is -1.98. The third kappa shape index (κ3) is 2.78. The van der Waals surface area contributed by atoms with E-state index in [2.05, 4.69) is 17.1 Å². The third-order valence-electron chi connectivity index (χ3n) is 1.75. The molecule has 0 amide bonds. The van der Waals surface area contributed by atoms with Gasteiger partial charge in [0.25, 0.3) is 0 Å². The monoisotopic (exact) mass is 185 g/mol. The number of nitrogens with zero attached hydrogens (tertiary/aromatic N) is 2. The first-order valence-electron chi connectivity index (χ1n) is 4.46. The predicted molar refractivity (Wildman–Crippen MR) is 46.9 cm³/mol. The summed E-state index contributed by atoms with van der Waals surface area (Å²) in [7, 11) is 0. The van der Waals surface area contributed by atoms with E-state index in [9.17, 15) is 0 Å². The fraction of sp³-hybridized carbons (Fsp3) is 0.750. The molecular formula is C8H15N3O2. The predicted octanol–water partition coefficient (Wildman–Crippen LogP) is 0.404. The second kappa shape index (κ2) is 4.94. The van der Waals surface area contributed by atoms with Gasteiger partial charge in [0, 0.05) is 6.42 Å². The molecule has 5 nitrogen and oxygen atoms in total. The van der Waals surface area contributed by atoms with E-state index in [0.717, 1.165) is 19.3 Å². The lowest BCUT2D eigenvalue weighted by atomic mass is 10.2. The zero-order valence-corrected chi connectivity index (χ0v) is 7.73. The summed E-state index contributed by atoms with van der Waals surface area (Å²) in [6.07, 6.45) is 2.93. The summed E-state index contributed by atoms with van der Waals surface area (Å²) in [5, 5.41) is 12.5. The Hall–Kier alpha value is -0.940. The first-order chi connectivity index (χ1) is 6.27. The van der Waals surface area contributed by atoms with E-state index in [1.54, 1.807) is 0 Å². The molecule has 0 saturated heterocycles. The maximum Gasteiger partial charge on any atom is 0.245 e. The van der Waals surface area contributed by atoms with Gasteiger partial charge in [-0.05, 0) is 6.42 Å². The highest BCUT2D eigenvalue weighted by molar-refractivity contribution is 4.91. The minimum Gasteiger partial charge on any atom is -0.394 e. The smallest absolute Gasteiger partial charge is 0.245 e. The molecule has 1 aromatic heterocycles. The van der Waals surface area contributed by atoms with Crippen molar-refractivity contribution >= 4 is 0 Å². The Bertz CT molecular complexity index is 249. The van der Waals surface area contributed by atoms with E-state index >= 15 is 0 Å². The second-order valence-corrected chi connectivity index (χ2v) is 2.94. The van der Waals surface area contributed by atoms with Gasteiger partial charge in [-0.2, -0.15) is 4.98 Å². The van der Waals surface area contributed by atoms with Crippen molar-refractivity contribution < 1.29 is 9.63 Å². The first-order valence-corrected chi connectivity index (χ1v) is 4.46. The summed E-state index contributed by atoms with van der Waals surface area (Å²) in [5.41, 5.74) is 5.49. The molecule has 0 radical (unpaired) electrons. The average Bonchev–Trinajstić information content (AvgIpc) is 2.62. The van der Waals surface area contributed by atoms with Crippen LogP contribution in [0.3, 0.4) is 0 Å². The Morgan fingerprint density at radius 3 is 3.00 bits per heavy atom. The quantitative estimate of drug-likeness (QED) is 0.693. The fourth-order valence-electron chi connectivity index (χ4n) is 0.933. The zero-order valence-electron chi connectivity index (χ0n) is 7.73. The number of hydrogen-bond acceptors (Lipinski definition) is 5. The van der Waals surface area contributed by atoms with Crippen molar-refractivity contribution in [2.24, 2.45) is 5.73 Å². The topological polar surface area (TPSA) is 85.2 Å². The largest absolute Gasteiger partial charge is 0.394 e. The molecule has 0 fully saturated rings. The van der Waals surface area contributed by atoms with E-state index in [0.29, 0.717) is 11.7 Å². The molecule has 0 aliphatic rings. The summed E-state index contributed by atoms with van der Waals surface area (Å²) in [6, 6.07) is -0.553. The Morgan fingerprint density at radius 1 is 1.62 bits per heavy atom. The van der Waals surface area contributed by atoms with Gasteiger partial charge < -0.3 is 15.4 Å². The lowest BCUT2D eigenvalue weighted by molar-refractivity contribution is 0.236. The highest BCUT2D eigenvalue weighted by Crippen LogP contribution is 2.07. The van der Waals surface area contributed by atoms with Gasteiger partial charge >= 0.3 is 0 Å². The molecule has 1 atom stereocenters. The van der Waals surface area contributed by atoms with E-state index < -0.39 is 6.04 Å². The highest BCUT2D eigenvalue weighted by atomic mass is 16.5. The lowest BCUT2D eigenvalue weighted by Crippen LogP contribution is -2.14. The molecule has 1 unspecified atom stereocenters. The highest BCUT2D eigenvalue weighted by Gasteiger charge is 2.12. The Morgan fingerprint density at radius 2 is 2.38 bits per heavy atom. The minimum absolute atomic E-state index is 0.171. The van der Waals surface area contributed by atoms with Gasteiger partial charge in [0.05, 0.1) is 6.61 Å². The van der Waals surface area contributed by atoms with Crippen molar-refractivity contribution in [3.05, 3.63) is 11.7 Å². The van der Waals surface area contributed by atoms with Crippen LogP contribution in [0.5, 0.6) is 0 Å². The van der Waals surface area contributed by atoms with Crippen molar-refractivity contribution in [2.45, 2.75) is 32.2 Å². The standard InChI is InChI=1S/C8H15N3O2/c1-2-3-4-7-10-8(13-11-7)6(9)5-12/h6,12H,2-5,9H2,1H3. The first kappa shape index (κ1) is 10.1. The molecule has 5 heteroatoms. The van der Waals surface area contributed by atoms with Crippen molar-refractivity contribution in [3.8, 4) is 0 Å². The number of unbranched alkanes of at least 4 members (excludes halogenated alkanes) is 1. The molecule has 0 bridgehead atoms. The molecule has 1 aromatic rings. The number of aliphatic hydroxyl groups excluding tert-OH is 1. The second-order valence-electron chi connectivity index (χ2n) is 2.94. The summed E-state index contributed by atoms with van der Waals surface area (Å²) < 4.78 is 4.87.